The maximum absolute atomic E-state index is 12.6. The molecular formula is C12H25NO2S. The third kappa shape index (κ3) is 2.28. The monoisotopic (exact) mass is 247 g/mol. The number of hydrogen-bond acceptors (Lipinski definition) is 2. The first-order valence-corrected chi connectivity index (χ1v) is 7.54. The molecule has 1 rings (SSSR count). The molecule has 96 valence electrons. The van der Waals surface area contributed by atoms with Gasteiger partial charge in [0, 0.05) is 13.1 Å². The molecule has 0 saturated carbocycles. The lowest BCUT2D eigenvalue weighted by Crippen LogP contribution is -2.53. The van der Waals surface area contributed by atoms with Crippen LogP contribution in [0.15, 0.2) is 0 Å². The lowest BCUT2D eigenvalue weighted by molar-refractivity contribution is 0.268. The molecule has 1 aliphatic heterocycles. The smallest absolute Gasteiger partial charge is 0.212 e. The first-order valence-electron chi connectivity index (χ1n) is 6.10. The van der Waals surface area contributed by atoms with E-state index in [0.29, 0.717) is 13.1 Å². The summed E-state index contributed by atoms with van der Waals surface area (Å²) in [6.45, 7) is 11.1. The summed E-state index contributed by atoms with van der Waals surface area (Å²) in [5.74, 6) is 0. The summed E-state index contributed by atoms with van der Waals surface area (Å²) in [5, 5.41) is 0. The Morgan fingerprint density at radius 2 is 1.31 bits per heavy atom. The van der Waals surface area contributed by atoms with Crippen molar-refractivity contribution in [1.29, 1.82) is 0 Å². The predicted molar refractivity (Wildman–Crippen MR) is 67.9 cm³/mol. The minimum absolute atomic E-state index is 0.247. The van der Waals surface area contributed by atoms with Gasteiger partial charge in [0.1, 0.15) is 0 Å². The number of rotatable bonds is 2. The van der Waals surface area contributed by atoms with Crippen molar-refractivity contribution in [3.05, 3.63) is 0 Å². The van der Waals surface area contributed by atoms with Crippen LogP contribution in [-0.2, 0) is 10.0 Å². The van der Waals surface area contributed by atoms with Crippen LogP contribution in [0.4, 0.5) is 0 Å². The molecule has 0 unspecified atom stereocenters. The van der Waals surface area contributed by atoms with Crippen LogP contribution < -0.4 is 0 Å². The Kier molecular flexibility index (Phi) is 3.75. The fraction of sp³-hybridized carbons (Fsp3) is 1.00. The minimum atomic E-state index is -3.19. The summed E-state index contributed by atoms with van der Waals surface area (Å²) >= 11 is 0. The zero-order valence-corrected chi connectivity index (χ0v) is 12.0. The van der Waals surface area contributed by atoms with Crippen molar-refractivity contribution in [2.45, 2.75) is 58.6 Å². The van der Waals surface area contributed by atoms with Gasteiger partial charge in [-0.3, -0.25) is 0 Å². The molecule has 0 aromatic rings. The van der Waals surface area contributed by atoms with Gasteiger partial charge < -0.3 is 0 Å². The van der Waals surface area contributed by atoms with E-state index < -0.39 is 14.8 Å². The summed E-state index contributed by atoms with van der Waals surface area (Å²) in [4.78, 5) is 0. The molecular weight excluding hydrogens is 222 g/mol. The Hall–Kier alpha value is -0.0900. The van der Waals surface area contributed by atoms with Crippen molar-refractivity contribution < 1.29 is 8.42 Å². The van der Waals surface area contributed by atoms with Crippen molar-refractivity contribution in [3.63, 3.8) is 0 Å². The molecule has 1 aliphatic rings. The molecule has 0 aromatic carbocycles. The zero-order valence-electron chi connectivity index (χ0n) is 11.2. The molecule has 0 amide bonds. The van der Waals surface area contributed by atoms with Gasteiger partial charge in [0.15, 0.2) is 0 Å². The first-order chi connectivity index (χ1) is 7.11. The van der Waals surface area contributed by atoms with E-state index in [1.165, 1.54) is 0 Å². The Balaban J connectivity index is 3.01. The molecule has 0 atom stereocenters. The highest BCUT2D eigenvalue weighted by atomic mass is 32.2. The molecule has 0 bridgehead atoms. The minimum Gasteiger partial charge on any atom is -0.212 e. The van der Waals surface area contributed by atoms with Gasteiger partial charge in [-0.15, -0.1) is 0 Å². The lowest BCUT2D eigenvalue weighted by Gasteiger charge is -2.42. The van der Waals surface area contributed by atoms with Gasteiger partial charge >= 0.3 is 0 Å². The molecule has 0 radical (unpaired) electrons. The lowest BCUT2D eigenvalue weighted by atomic mass is 9.83. The third-order valence-corrected chi connectivity index (χ3v) is 7.05. The van der Waals surface area contributed by atoms with E-state index in [0.717, 1.165) is 19.3 Å². The highest BCUT2D eigenvalue weighted by Gasteiger charge is 2.47. The maximum atomic E-state index is 12.6. The molecule has 0 N–H and O–H groups in total. The van der Waals surface area contributed by atoms with E-state index in [2.05, 4.69) is 0 Å². The van der Waals surface area contributed by atoms with Crippen LogP contribution in [0.2, 0.25) is 0 Å². The van der Waals surface area contributed by atoms with Crippen LogP contribution >= 0.6 is 0 Å². The molecule has 4 heteroatoms. The topological polar surface area (TPSA) is 37.4 Å². The van der Waals surface area contributed by atoms with Crippen molar-refractivity contribution in [2.24, 2.45) is 5.41 Å². The molecule has 1 heterocycles. The summed E-state index contributed by atoms with van der Waals surface area (Å²) in [5.41, 5.74) is -0.247. The Morgan fingerprint density at radius 1 is 0.875 bits per heavy atom. The highest BCUT2D eigenvalue weighted by molar-refractivity contribution is 7.90. The van der Waals surface area contributed by atoms with Gasteiger partial charge in [-0.2, -0.15) is 0 Å². The van der Waals surface area contributed by atoms with Gasteiger partial charge in [0.05, 0.1) is 4.75 Å². The molecule has 0 aromatic heterocycles. The second-order valence-electron chi connectivity index (χ2n) is 6.23. The largest absolute Gasteiger partial charge is 0.219 e. The number of sulfonamides is 1. The second-order valence-corrected chi connectivity index (χ2v) is 8.71. The molecule has 3 nitrogen and oxygen atoms in total. The molecule has 0 spiro atoms. The van der Waals surface area contributed by atoms with Crippen LogP contribution in [0.25, 0.3) is 0 Å². The SMILES string of the molecule is CC(C)(C)C(C)(C)S(=O)(=O)N1CCCCC1. The van der Waals surface area contributed by atoms with Crippen molar-refractivity contribution >= 4 is 10.0 Å². The van der Waals surface area contributed by atoms with Crippen molar-refractivity contribution in [1.82, 2.24) is 4.31 Å². The summed E-state index contributed by atoms with van der Waals surface area (Å²) in [6.07, 6.45) is 3.15. The van der Waals surface area contributed by atoms with E-state index in [1.807, 2.05) is 34.6 Å². The van der Waals surface area contributed by atoms with E-state index >= 15 is 0 Å². The third-order valence-electron chi connectivity index (χ3n) is 4.11. The maximum Gasteiger partial charge on any atom is 0.219 e. The van der Waals surface area contributed by atoms with Gasteiger partial charge in [-0.25, -0.2) is 12.7 Å². The van der Waals surface area contributed by atoms with Crippen LogP contribution in [0.5, 0.6) is 0 Å². The highest BCUT2D eigenvalue weighted by Crippen LogP contribution is 2.39. The molecule has 1 fully saturated rings. The van der Waals surface area contributed by atoms with Gasteiger partial charge in [0.2, 0.25) is 10.0 Å². The van der Waals surface area contributed by atoms with Crippen LogP contribution in [0.1, 0.15) is 53.9 Å². The molecule has 1 saturated heterocycles. The standard InChI is InChI=1S/C12H25NO2S/c1-11(2,3)12(4,5)16(14,15)13-9-7-6-8-10-13/h6-10H2,1-5H3. The van der Waals surface area contributed by atoms with Gasteiger partial charge in [0.25, 0.3) is 0 Å². The number of piperidine rings is 1. The zero-order chi connectivity index (χ0) is 12.6. The van der Waals surface area contributed by atoms with Crippen LogP contribution in [0.3, 0.4) is 0 Å². The number of nitrogens with zero attached hydrogens (tertiary/aromatic N) is 1. The van der Waals surface area contributed by atoms with E-state index in [4.69, 9.17) is 0 Å². The quantitative estimate of drug-likeness (QED) is 0.752. The molecule has 0 aliphatic carbocycles. The van der Waals surface area contributed by atoms with Crippen LogP contribution in [0, 0.1) is 5.41 Å². The fourth-order valence-corrected chi connectivity index (χ4v) is 3.97. The van der Waals surface area contributed by atoms with Gasteiger partial charge in [-0.05, 0) is 32.1 Å². The summed E-state index contributed by atoms with van der Waals surface area (Å²) in [7, 11) is -3.19. The van der Waals surface area contributed by atoms with E-state index in [-0.39, 0.29) is 5.41 Å². The average molecular weight is 247 g/mol. The van der Waals surface area contributed by atoms with E-state index in [9.17, 15) is 8.42 Å². The Bertz CT molecular complexity index is 333. The van der Waals surface area contributed by atoms with Crippen molar-refractivity contribution in [3.8, 4) is 0 Å². The summed E-state index contributed by atoms with van der Waals surface area (Å²) in [6, 6.07) is 0. The Labute approximate surface area is 100 Å². The van der Waals surface area contributed by atoms with E-state index in [1.54, 1.807) is 4.31 Å². The molecule has 16 heavy (non-hydrogen) atoms. The average Bonchev–Trinajstić information content (AvgIpc) is 2.17. The predicted octanol–water partition coefficient (Wildman–Crippen LogP) is 2.63. The normalized spacial score (nSPS) is 21.1. The first kappa shape index (κ1) is 14.0. The number of hydrogen-bond donors (Lipinski definition) is 0. The van der Waals surface area contributed by atoms with Crippen LogP contribution in [-0.4, -0.2) is 30.6 Å². The van der Waals surface area contributed by atoms with Crippen molar-refractivity contribution in [2.75, 3.05) is 13.1 Å². The Morgan fingerprint density at radius 3 is 1.69 bits per heavy atom. The fourth-order valence-electron chi connectivity index (χ4n) is 1.81. The second kappa shape index (κ2) is 4.30. The van der Waals surface area contributed by atoms with Gasteiger partial charge in [-0.1, -0.05) is 27.2 Å². The summed E-state index contributed by atoms with van der Waals surface area (Å²) < 4.78 is 26.1.